The van der Waals surface area contributed by atoms with Gasteiger partial charge in [0.15, 0.2) is 0 Å². The van der Waals surface area contributed by atoms with Crippen LogP contribution < -0.4 is 9.64 Å². The lowest BCUT2D eigenvalue weighted by atomic mass is 9.96. The van der Waals surface area contributed by atoms with Crippen LogP contribution in [0.2, 0.25) is 0 Å². The molecular formula is C19H19F2NO2. The number of ether oxygens (including phenoxy) is 1. The van der Waals surface area contributed by atoms with E-state index in [4.69, 9.17) is 0 Å². The Morgan fingerprint density at radius 3 is 2.62 bits per heavy atom. The lowest BCUT2D eigenvalue weighted by molar-refractivity contribution is -0.0498. The maximum Gasteiger partial charge on any atom is 0.387 e. The van der Waals surface area contributed by atoms with Crippen molar-refractivity contribution in [2.24, 2.45) is 0 Å². The van der Waals surface area contributed by atoms with Gasteiger partial charge >= 0.3 is 6.61 Å². The van der Waals surface area contributed by atoms with Gasteiger partial charge in [-0.15, -0.1) is 0 Å². The van der Waals surface area contributed by atoms with Gasteiger partial charge in [0.05, 0.1) is 5.69 Å². The lowest BCUT2D eigenvalue weighted by Gasteiger charge is -2.31. The number of benzene rings is 2. The molecule has 2 aromatic rings. The molecule has 126 valence electrons. The molecule has 3 rings (SSSR count). The number of carbonyl (C=O) groups is 1. The predicted octanol–water partition coefficient (Wildman–Crippen LogP) is 4.44. The van der Waals surface area contributed by atoms with Crippen LogP contribution in [-0.4, -0.2) is 19.1 Å². The first-order chi connectivity index (χ1) is 11.6. The van der Waals surface area contributed by atoms with Crippen LogP contribution >= 0.6 is 0 Å². The summed E-state index contributed by atoms with van der Waals surface area (Å²) in [6.07, 6.45) is 2.74. The maximum atomic E-state index is 12.9. The second-order valence-electron chi connectivity index (χ2n) is 5.74. The first-order valence-electron chi connectivity index (χ1n) is 8.07. The SMILES string of the molecule is CCc1cccc2c1N(C(=O)c1ccc(OC(F)F)cc1)CCC2. The van der Waals surface area contributed by atoms with Gasteiger partial charge in [0.1, 0.15) is 5.75 Å². The number of hydrogen-bond acceptors (Lipinski definition) is 2. The first kappa shape index (κ1) is 16.4. The van der Waals surface area contributed by atoms with E-state index < -0.39 is 6.61 Å². The van der Waals surface area contributed by atoms with Crippen molar-refractivity contribution >= 4 is 11.6 Å². The minimum Gasteiger partial charge on any atom is -0.435 e. The largest absolute Gasteiger partial charge is 0.435 e. The molecule has 1 amide bonds. The highest BCUT2D eigenvalue weighted by atomic mass is 19.3. The normalized spacial score (nSPS) is 13.8. The number of carbonyl (C=O) groups excluding carboxylic acids is 1. The first-order valence-corrected chi connectivity index (χ1v) is 8.07. The molecule has 0 fully saturated rings. The fourth-order valence-electron chi connectivity index (χ4n) is 3.16. The molecule has 0 aromatic heterocycles. The number of amides is 1. The number of aryl methyl sites for hydroxylation is 2. The van der Waals surface area contributed by atoms with E-state index in [9.17, 15) is 13.6 Å². The van der Waals surface area contributed by atoms with E-state index in [0.29, 0.717) is 12.1 Å². The van der Waals surface area contributed by atoms with Crippen molar-refractivity contribution in [1.82, 2.24) is 0 Å². The van der Waals surface area contributed by atoms with Crippen molar-refractivity contribution in [1.29, 1.82) is 0 Å². The Hall–Kier alpha value is -2.43. The van der Waals surface area contributed by atoms with Crippen LogP contribution in [0.25, 0.3) is 0 Å². The number of nitrogens with zero attached hydrogens (tertiary/aromatic N) is 1. The van der Waals surface area contributed by atoms with E-state index in [0.717, 1.165) is 30.5 Å². The fraction of sp³-hybridized carbons (Fsp3) is 0.316. The Kier molecular flexibility index (Phi) is 4.79. The van der Waals surface area contributed by atoms with Crippen LogP contribution in [0.5, 0.6) is 5.75 Å². The van der Waals surface area contributed by atoms with Gasteiger partial charge in [0, 0.05) is 12.1 Å². The van der Waals surface area contributed by atoms with Crippen molar-refractivity contribution in [2.45, 2.75) is 32.8 Å². The Morgan fingerprint density at radius 2 is 1.96 bits per heavy atom. The number of rotatable bonds is 4. The highest BCUT2D eigenvalue weighted by molar-refractivity contribution is 6.07. The molecule has 5 heteroatoms. The van der Waals surface area contributed by atoms with E-state index in [2.05, 4.69) is 17.7 Å². The Morgan fingerprint density at radius 1 is 1.21 bits per heavy atom. The maximum absolute atomic E-state index is 12.9. The van der Waals surface area contributed by atoms with Crippen molar-refractivity contribution in [3.05, 3.63) is 59.2 Å². The summed E-state index contributed by atoms with van der Waals surface area (Å²) in [7, 11) is 0. The van der Waals surface area contributed by atoms with Gasteiger partial charge in [-0.3, -0.25) is 4.79 Å². The minimum atomic E-state index is -2.87. The minimum absolute atomic E-state index is 0.0508. The Labute approximate surface area is 139 Å². The molecule has 0 bridgehead atoms. The van der Waals surface area contributed by atoms with Gasteiger partial charge in [-0.2, -0.15) is 8.78 Å². The zero-order valence-electron chi connectivity index (χ0n) is 13.5. The summed E-state index contributed by atoms with van der Waals surface area (Å²) in [6, 6.07) is 12.0. The van der Waals surface area contributed by atoms with E-state index in [1.165, 1.54) is 29.8 Å². The lowest BCUT2D eigenvalue weighted by Crippen LogP contribution is -2.36. The van der Waals surface area contributed by atoms with Gasteiger partial charge in [0.2, 0.25) is 0 Å². The van der Waals surface area contributed by atoms with E-state index in [1.807, 2.05) is 12.1 Å². The van der Waals surface area contributed by atoms with Crippen molar-refractivity contribution in [3.63, 3.8) is 0 Å². The monoisotopic (exact) mass is 331 g/mol. The number of halogens is 2. The quantitative estimate of drug-likeness (QED) is 0.829. The summed E-state index contributed by atoms with van der Waals surface area (Å²) in [5.41, 5.74) is 3.81. The molecule has 0 atom stereocenters. The third kappa shape index (κ3) is 3.25. The van der Waals surface area contributed by atoms with Crippen LogP contribution in [0.15, 0.2) is 42.5 Å². The van der Waals surface area contributed by atoms with Crippen LogP contribution in [0, 0.1) is 0 Å². The number of para-hydroxylation sites is 1. The molecule has 1 aliphatic heterocycles. The van der Waals surface area contributed by atoms with Gasteiger partial charge in [0.25, 0.3) is 5.91 Å². The molecule has 0 aliphatic carbocycles. The average Bonchev–Trinajstić information content (AvgIpc) is 2.60. The van der Waals surface area contributed by atoms with Crippen LogP contribution in [0.4, 0.5) is 14.5 Å². The zero-order chi connectivity index (χ0) is 17.1. The number of hydrogen-bond donors (Lipinski definition) is 0. The molecular weight excluding hydrogens is 312 g/mol. The predicted molar refractivity (Wildman–Crippen MR) is 88.9 cm³/mol. The molecule has 1 aliphatic rings. The number of alkyl halides is 2. The summed E-state index contributed by atoms with van der Waals surface area (Å²) >= 11 is 0. The average molecular weight is 331 g/mol. The second kappa shape index (κ2) is 6.99. The third-order valence-electron chi connectivity index (χ3n) is 4.25. The highest BCUT2D eigenvalue weighted by Crippen LogP contribution is 2.32. The molecule has 1 heterocycles. The van der Waals surface area contributed by atoms with Crippen LogP contribution in [-0.2, 0) is 12.8 Å². The smallest absolute Gasteiger partial charge is 0.387 e. The van der Waals surface area contributed by atoms with Gasteiger partial charge in [-0.25, -0.2) is 0 Å². The topological polar surface area (TPSA) is 29.5 Å². The summed E-state index contributed by atoms with van der Waals surface area (Å²) in [6.45, 7) is -0.130. The van der Waals surface area contributed by atoms with E-state index >= 15 is 0 Å². The number of fused-ring (bicyclic) bond motifs is 1. The van der Waals surface area contributed by atoms with Crippen molar-refractivity contribution < 1.29 is 18.3 Å². The summed E-state index contributed by atoms with van der Waals surface area (Å²) in [4.78, 5) is 14.7. The van der Waals surface area contributed by atoms with Crippen LogP contribution in [0.3, 0.4) is 0 Å². The van der Waals surface area contributed by atoms with Crippen LogP contribution in [0.1, 0.15) is 34.8 Å². The summed E-state index contributed by atoms with van der Waals surface area (Å²) in [5, 5.41) is 0. The Bertz CT molecular complexity index is 714. The second-order valence-corrected chi connectivity index (χ2v) is 5.74. The summed E-state index contributed by atoms with van der Waals surface area (Å²) in [5.74, 6) is -0.0599. The van der Waals surface area contributed by atoms with E-state index in [1.54, 1.807) is 4.90 Å². The van der Waals surface area contributed by atoms with E-state index in [-0.39, 0.29) is 11.7 Å². The molecule has 0 saturated heterocycles. The molecule has 24 heavy (non-hydrogen) atoms. The molecule has 0 N–H and O–H groups in total. The Balaban J connectivity index is 1.89. The fourth-order valence-corrected chi connectivity index (χ4v) is 3.16. The number of anilines is 1. The molecule has 0 unspecified atom stereocenters. The molecule has 0 spiro atoms. The third-order valence-corrected chi connectivity index (χ3v) is 4.25. The molecule has 0 saturated carbocycles. The van der Waals surface area contributed by atoms with Crippen molar-refractivity contribution in [3.8, 4) is 5.75 Å². The highest BCUT2D eigenvalue weighted by Gasteiger charge is 2.25. The molecule has 2 aromatic carbocycles. The van der Waals surface area contributed by atoms with Gasteiger partial charge < -0.3 is 9.64 Å². The molecule has 0 radical (unpaired) electrons. The van der Waals surface area contributed by atoms with Gasteiger partial charge in [-0.1, -0.05) is 25.1 Å². The zero-order valence-corrected chi connectivity index (χ0v) is 13.5. The summed E-state index contributed by atoms with van der Waals surface area (Å²) < 4.78 is 28.8. The van der Waals surface area contributed by atoms with Crippen molar-refractivity contribution in [2.75, 3.05) is 11.4 Å². The van der Waals surface area contributed by atoms with Gasteiger partial charge in [-0.05, 0) is 54.7 Å². The standard InChI is InChI=1S/C19H19F2NO2/c1-2-13-5-3-6-14-7-4-12-22(17(13)14)18(23)15-8-10-16(11-9-15)24-19(20)21/h3,5-6,8-11,19H,2,4,7,12H2,1H3. The molecule has 3 nitrogen and oxygen atoms in total.